The Balaban J connectivity index is 2.10. The summed E-state index contributed by atoms with van der Waals surface area (Å²) in [7, 11) is 0. The number of ether oxygens (including phenoxy) is 2. The number of aliphatic carboxylic acids is 1. The number of benzene rings is 1. The van der Waals surface area contributed by atoms with Gasteiger partial charge in [-0.1, -0.05) is 13.8 Å². The normalized spacial score (nSPS) is 14.6. The quantitative estimate of drug-likeness (QED) is 0.863. The first-order valence-corrected chi connectivity index (χ1v) is 6.89. The molecule has 114 valence electrons. The molecule has 1 aromatic carbocycles. The van der Waals surface area contributed by atoms with Gasteiger partial charge in [0.25, 0.3) is 5.91 Å². The number of carbonyl (C=O) groups is 2. The minimum Gasteiger partial charge on any atom is -0.486 e. The van der Waals surface area contributed by atoms with Gasteiger partial charge in [-0.2, -0.15) is 0 Å². The van der Waals surface area contributed by atoms with Gasteiger partial charge in [0, 0.05) is 11.6 Å². The predicted octanol–water partition coefficient (Wildman–Crippen LogP) is 1.69. The summed E-state index contributed by atoms with van der Waals surface area (Å²) in [6, 6.07) is 4.52. The molecule has 6 nitrogen and oxygen atoms in total. The first kappa shape index (κ1) is 15.2. The fourth-order valence-corrected chi connectivity index (χ4v) is 2.08. The summed E-state index contributed by atoms with van der Waals surface area (Å²) in [6.45, 7) is 4.69. The summed E-state index contributed by atoms with van der Waals surface area (Å²) in [5.41, 5.74) is 0.426. The average Bonchev–Trinajstić information content (AvgIpc) is 2.45. The highest BCUT2D eigenvalue weighted by Gasteiger charge is 2.21. The van der Waals surface area contributed by atoms with E-state index in [2.05, 4.69) is 5.32 Å². The molecule has 6 heteroatoms. The number of carboxylic acid groups (broad SMARTS) is 1. The van der Waals surface area contributed by atoms with Crippen LogP contribution in [0.15, 0.2) is 18.2 Å². The Labute approximate surface area is 123 Å². The maximum Gasteiger partial charge on any atom is 0.305 e. The van der Waals surface area contributed by atoms with E-state index < -0.39 is 12.0 Å². The number of amides is 1. The summed E-state index contributed by atoms with van der Waals surface area (Å²) < 4.78 is 10.8. The summed E-state index contributed by atoms with van der Waals surface area (Å²) >= 11 is 0. The minimum absolute atomic E-state index is 0.0299. The Morgan fingerprint density at radius 2 is 1.90 bits per heavy atom. The fraction of sp³-hybridized carbons (Fsp3) is 0.467. The van der Waals surface area contributed by atoms with Crippen molar-refractivity contribution in [1.82, 2.24) is 5.32 Å². The molecule has 1 atom stereocenters. The van der Waals surface area contributed by atoms with Crippen LogP contribution in [0.5, 0.6) is 11.5 Å². The molecule has 1 unspecified atom stereocenters. The van der Waals surface area contributed by atoms with Crippen LogP contribution < -0.4 is 14.8 Å². The van der Waals surface area contributed by atoms with Crippen molar-refractivity contribution < 1.29 is 24.2 Å². The number of hydrogen-bond acceptors (Lipinski definition) is 4. The van der Waals surface area contributed by atoms with Crippen molar-refractivity contribution in [3.05, 3.63) is 23.8 Å². The van der Waals surface area contributed by atoms with E-state index in [0.29, 0.717) is 30.3 Å². The van der Waals surface area contributed by atoms with E-state index in [1.54, 1.807) is 18.2 Å². The molecular weight excluding hydrogens is 274 g/mol. The first-order chi connectivity index (χ1) is 9.97. The van der Waals surface area contributed by atoms with E-state index >= 15 is 0 Å². The van der Waals surface area contributed by atoms with Crippen molar-refractivity contribution in [1.29, 1.82) is 0 Å². The molecule has 0 bridgehead atoms. The Hall–Kier alpha value is -2.24. The predicted molar refractivity (Wildman–Crippen MR) is 75.8 cm³/mol. The van der Waals surface area contributed by atoms with E-state index in [4.69, 9.17) is 14.6 Å². The SMILES string of the molecule is CC(C)C(CC(=O)O)NC(=O)c1ccc2c(c1)OCCO2. The molecule has 1 aliphatic heterocycles. The second kappa shape index (κ2) is 6.47. The highest BCUT2D eigenvalue weighted by atomic mass is 16.6. The largest absolute Gasteiger partial charge is 0.486 e. The van der Waals surface area contributed by atoms with Gasteiger partial charge >= 0.3 is 5.97 Å². The van der Waals surface area contributed by atoms with Crippen molar-refractivity contribution >= 4 is 11.9 Å². The van der Waals surface area contributed by atoms with Gasteiger partial charge in [0.2, 0.25) is 0 Å². The number of nitrogens with one attached hydrogen (secondary N) is 1. The molecule has 0 fully saturated rings. The molecule has 0 saturated carbocycles. The number of carboxylic acids is 1. The maximum atomic E-state index is 12.2. The summed E-state index contributed by atoms with van der Waals surface area (Å²) in [6.07, 6.45) is -0.103. The summed E-state index contributed by atoms with van der Waals surface area (Å²) in [5.74, 6) is -0.0673. The van der Waals surface area contributed by atoms with Gasteiger partial charge in [-0.25, -0.2) is 0 Å². The van der Waals surface area contributed by atoms with Crippen LogP contribution in [0.4, 0.5) is 0 Å². The maximum absolute atomic E-state index is 12.2. The second-order valence-electron chi connectivity index (χ2n) is 5.28. The minimum atomic E-state index is -0.934. The van der Waals surface area contributed by atoms with Gasteiger partial charge in [-0.3, -0.25) is 9.59 Å². The van der Waals surface area contributed by atoms with E-state index in [-0.39, 0.29) is 18.2 Å². The number of fused-ring (bicyclic) bond motifs is 1. The third-order valence-electron chi connectivity index (χ3n) is 3.32. The molecule has 0 radical (unpaired) electrons. The smallest absolute Gasteiger partial charge is 0.305 e. The molecule has 2 N–H and O–H groups in total. The molecule has 1 aromatic rings. The molecule has 1 aliphatic rings. The fourth-order valence-electron chi connectivity index (χ4n) is 2.08. The number of carbonyl (C=O) groups excluding carboxylic acids is 1. The van der Waals surface area contributed by atoms with Crippen LogP contribution in [0.3, 0.4) is 0 Å². The lowest BCUT2D eigenvalue weighted by Gasteiger charge is -2.22. The standard InChI is InChI=1S/C15H19NO5/c1-9(2)11(8-14(17)18)16-15(19)10-3-4-12-13(7-10)21-6-5-20-12/h3-4,7,9,11H,5-6,8H2,1-2H3,(H,16,19)(H,17,18). The monoisotopic (exact) mass is 293 g/mol. The highest BCUT2D eigenvalue weighted by Crippen LogP contribution is 2.30. The van der Waals surface area contributed by atoms with Gasteiger partial charge in [0.1, 0.15) is 13.2 Å². The van der Waals surface area contributed by atoms with Crippen molar-refractivity contribution in [2.75, 3.05) is 13.2 Å². The molecule has 1 amide bonds. The van der Waals surface area contributed by atoms with E-state index in [1.807, 2.05) is 13.8 Å². The summed E-state index contributed by atoms with van der Waals surface area (Å²) in [5, 5.41) is 11.6. The topological polar surface area (TPSA) is 84.9 Å². The molecule has 0 aliphatic carbocycles. The van der Waals surface area contributed by atoms with Gasteiger partial charge in [0.15, 0.2) is 11.5 Å². The van der Waals surface area contributed by atoms with Crippen LogP contribution in [0.1, 0.15) is 30.6 Å². The zero-order valence-electron chi connectivity index (χ0n) is 12.1. The van der Waals surface area contributed by atoms with Crippen molar-refractivity contribution in [3.63, 3.8) is 0 Å². The Morgan fingerprint density at radius 1 is 1.24 bits per heavy atom. The third kappa shape index (κ3) is 3.87. The van der Waals surface area contributed by atoms with E-state index in [9.17, 15) is 9.59 Å². The molecule has 0 saturated heterocycles. The molecular formula is C15H19NO5. The molecule has 0 aromatic heterocycles. The van der Waals surface area contributed by atoms with Gasteiger partial charge in [-0.05, 0) is 24.1 Å². The van der Waals surface area contributed by atoms with Crippen LogP contribution >= 0.6 is 0 Å². The average molecular weight is 293 g/mol. The zero-order valence-corrected chi connectivity index (χ0v) is 12.1. The molecule has 1 heterocycles. The highest BCUT2D eigenvalue weighted by molar-refractivity contribution is 5.95. The number of rotatable bonds is 5. The van der Waals surface area contributed by atoms with Crippen LogP contribution in [-0.2, 0) is 4.79 Å². The zero-order chi connectivity index (χ0) is 15.4. The number of hydrogen-bond donors (Lipinski definition) is 2. The van der Waals surface area contributed by atoms with E-state index in [0.717, 1.165) is 0 Å². The molecule has 2 rings (SSSR count). The molecule has 0 spiro atoms. The van der Waals surface area contributed by atoms with Crippen LogP contribution in [0.2, 0.25) is 0 Å². The van der Waals surface area contributed by atoms with Gasteiger partial charge in [0.05, 0.1) is 6.42 Å². The Bertz CT molecular complexity index is 541. The van der Waals surface area contributed by atoms with Crippen LogP contribution in [-0.4, -0.2) is 36.2 Å². The summed E-state index contributed by atoms with van der Waals surface area (Å²) in [4.78, 5) is 23.1. The van der Waals surface area contributed by atoms with Crippen LogP contribution in [0, 0.1) is 5.92 Å². The van der Waals surface area contributed by atoms with Crippen LogP contribution in [0.25, 0.3) is 0 Å². The first-order valence-electron chi connectivity index (χ1n) is 6.89. The lowest BCUT2D eigenvalue weighted by atomic mass is 10.0. The van der Waals surface area contributed by atoms with Crippen molar-refractivity contribution in [2.24, 2.45) is 5.92 Å². The lowest BCUT2D eigenvalue weighted by Crippen LogP contribution is -2.40. The van der Waals surface area contributed by atoms with Crippen molar-refractivity contribution in [2.45, 2.75) is 26.3 Å². The second-order valence-corrected chi connectivity index (χ2v) is 5.28. The third-order valence-corrected chi connectivity index (χ3v) is 3.32. The Morgan fingerprint density at radius 3 is 2.52 bits per heavy atom. The lowest BCUT2D eigenvalue weighted by molar-refractivity contribution is -0.137. The van der Waals surface area contributed by atoms with E-state index in [1.165, 1.54) is 0 Å². The molecule has 21 heavy (non-hydrogen) atoms. The van der Waals surface area contributed by atoms with Crippen molar-refractivity contribution in [3.8, 4) is 11.5 Å². The van der Waals surface area contributed by atoms with Gasteiger partial charge in [-0.15, -0.1) is 0 Å². The van der Waals surface area contributed by atoms with Gasteiger partial charge < -0.3 is 19.9 Å². The Kier molecular flexibility index (Phi) is 4.67.